The summed E-state index contributed by atoms with van der Waals surface area (Å²) in [5, 5.41) is 3.48. The molecule has 3 atom stereocenters. The molecule has 0 aromatic rings. The minimum absolute atomic E-state index is 0. The lowest BCUT2D eigenvalue weighted by Gasteiger charge is -2.63. The molecule has 2 saturated carbocycles. The lowest BCUT2D eigenvalue weighted by atomic mass is 9.46. The number of nitrogens with zero attached hydrogens (tertiary/aromatic N) is 1. The Morgan fingerprint density at radius 1 is 1.48 bits per heavy atom. The summed E-state index contributed by atoms with van der Waals surface area (Å²) in [7, 11) is 0. The van der Waals surface area contributed by atoms with Crippen molar-refractivity contribution < 1.29 is 9.47 Å². The summed E-state index contributed by atoms with van der Waals surface area (Å²) in [6, 6.07) is 0.486. The van der Waals surface area contributed by atoms with Crippen LogP contribution in [0.15, 0.2) is 4.99 Å². The van der Waals surface area contributed by atoms with Crippen LogP contribution < -0.4 is 11.1 Å². The molecule has 3 aliphatic rings. The normalized spacial score (nSPS) is 32.8. The molecule has 122 valence electrons. The highest BCUT2D eigenvalue weighted by Crippen LogP contribution is 2.62. The predicted molar refractivity (Wildman–Crippen MR) is 94.1 cm³/mol. The van der Waals surface area contributed by atoms with Gasteiger partial charge in [-0.15, -0.1) is 24.0 Å². The van der Waals surface area contributed by atoms with Gasteiger partial charge in [-0.05, 0) is 32.6 Å². The van der Waals surface area contributed by atoms with E-state index in [9.17, 15) is 0 Å². The summed E-state index contributed by atoms with van der Waals surface area (Å²) >= 11 is 0. The molecule has 3 unspecified atom stereocenters. The standard InChI is InChI=1S/C15H27N3O2.HI/c1-2-19-9-4-8-17-14(16)18-12-11-5-10-20-13(11)15(12)6-3-7-15;/h11-13H,2-10H2,1H3,(H3,16,17,18);1H. The molecule has 1 saturated heterocycles. The van der Waals surface area contributed by atoms with E-state index in [4.69, 9.17) is 15.2 Å². The molecule has 0 radical (unpaired) electrons. The van der Waals surface area contributed by atoms with E-state index in [0.29, 0.717) is 29.4 Å². The van der Waals surface area contributed by atoms with Crippen LogP contribution in [0.5, 0.6) is 0 Å². The first-order valence-corrected chi connectivity index (χ1v) is 8.04. The van der Waals surface area contributed by atoms with Crippen molar-refractivity contribution in [3.05, 3.63) is 0 Å². The number of fused-ring (bicyclic) bond motifs is 2. The smallest absolute Gasteiger partial charge is 0.188 e. The molecule has 1 spiro atoms. The van der Waals surface area contributed by atoms with Crippen LogP contribution in [0, 0.1) is 11.3 Å². The molecule has 0 amide bonds. The second-order valence-corrected chi connectivity index (χ2v) is 6.27. The minimum Gasteiger partial charge on any atom is -0.382 e. The van der Waals surface area contributed by atoms with Gasteiger partial charge in [0.2, 0.25) is 0 Å². The zero-order valence-electron chi connectivity index (χ0n) is 12.8. The second-order valence-electron chi connectivity index (χ2n) is 6.27. The van der Waals surface area contributed by atoms with E-state index in [1.807, 2.05) is 6.92 Å². The average Bonchev–Trinajstić information content (AvgIpc) is 2.79. The summed E-state index contributed by atoms with van der Waals surface area (Å²) < 4.78 is 11.2. The van der Waals surface area contributed by atoms with Crippen molar-refractivity contribution >= 4 is 29.9 Å². The topological polar surface area (TPSA) is 68.9 Å². The number of hydrogen-bond donors (Lipinski definition) is 2. The lowest BCUT2D eigenvalue weighted by Crippen LogP contribution is -2.72. The van der Waals surface area contributed by atoms with Crippen LogP contribution in [0.25, 0.3) is 0 Å². The fraction of sp³-hybridized carbons (Fsp3) is 0.933. The highest BCUT2D eigenvalue weighted by molar-refractivity contribution is 14.0. The van der Waals surface area contributed by atoms with Crippen LogP contribution in [0.1, 0.15) is 39.0 Å². The number of hydrogen-bond acceptors (Lipinski definition) is 3. The third kappa shape index (κ3) is 3.17. The zero-order valence-corrected chi connectivity index (χ0v) is 15.2. The Kier molecular flexibility index (Phi) is 6.14. The Hall–Kier alpha value is -0.0800. The summed E-state index contributed by atoms with van der Waals surface area (Å²) in [6.07, 6.45) is 6.48. The van der Waals surface area contributed by atoms with Gasteiger partial charge in [-0.2, -0.15) is 0 Å². The number of ether oxygens (including phenoxy) is 2. The van der Waals surface area contributed by atoms with E-state index in [-0.39, 0.29) is 24.0 Å². The van der Waals surface area contributed by atoms with Crippen LogP contribution in [-0.2, 0) is 9.47 Å². The minimum atomic E-state index is 0. The van der Waals surface area contributed by atoms with Gasteiger partial charge in [0.05, 0.1) is 6.10 Å². The highest BCUT2D eigenvalue weighted by Gasteiger charge is 2.66. The molecule has 6 heteroatoms. The number of nitrogens with one attached hydrogen (secondary N) is 1. The molecule has 2 aliphatic carbocycles. The van der Waals surface area contributed by atoms with Gasteiger partial charge in [0.15, 0.2) is 5.96 Å². The van der Waals surface area contributed by atoms with Crippen molar-refractivity contribution in [1.29, 1.82) is 0 Å². The molecule has 3 rings (SSSR count). The van der Waals surface area contributed by atoms with E-state index in [0.717, 1.165) is 32.8 Å². The van der Waals surface area contributed by atoms with Crippen LogP contribution in [0.4, 0.5) is 0 Å². The third-order valence-corrected chi connectivity index (χ3v) is 5.27. The number of aliphatic imine (C=N–C) groups is 1. The van der Waals surface area contributed by atoms with E-state index in [2.05, 4.69) is 10.3 Å². The van der Waals surface area contributed by atoms with Gasteiger partial charge in [-0.25, -0.2) is 0 Å². The number of rotatable bonds is 6. The van der Waals surface area contributed by atoms with E-state index >= 15 is 0 Å². The van der Waals surface area contributed by atoms with Crippen molar-refractivity contribution in [2.24, 2.45) is 22.1 Å². The fourth-order valence-corrected chi connectivity index (χ4v) is 4.17. The molecular weight excluding hydrogens is 381 g/mol. The monoisotopic (exact) mass is 409 g/mol. The van der Waals surface area contributed by atoms with Crippen LogP contribution in [0.3, 0.4) is 0 Å². The Bertz CT molecular complexity index is 374. The fourth-order valence-electron chi connectivity index (χ4n) is 4.17. The summed E-state index contributed by atoms with van der Waals surface area (Å²) in [5.41, 5.74) is 6.41. The number of halogens is 1. The average molecular weight is 409 g/mol. The summed E-state index contributed by atoms with van der Waals surface area (Å²) in [4.78, 5) is 4.42. The molecule has 1 aliphatic heterocycles. The van der Waals surface area contributed by atoms with Crippen LogP contribution >= 0.6 is 24.0 Å². The predicted octanol–water partition coefficient (Wildman–Crippen LogP) is 1.89. The van der Waals surface area contributed by atoms with Crippen molar-refractivity contribution in [2.75, 3.05) is 26.4 Å². The molecule has 3 fully saturated rings. The Morgan fingerprint density at radius 2 is 2.29 bits per heavy atom. The first-order valence-electron chi connectivity index (χ1n) is 8.04. The molecule has 1 heterocycles. The molecule has 0 bridgehead atoms. The largest absolute Gasteiger partial charge is 0.382 e. The first-order chi connectivity index (χ1) is 9.78. The Balaban J connectivity index is 0.00000161. The SMILES string of the molecule is CCOCCCN=C(N)NC1C2CCOC2C12CCC2.I. The number of nitrogens with two attached hydrogens (primary N) is 1. The maximum Gasteiger partial charge on any atom is 0.188 e. The van der Waals surface area contributed by atoms with Gasteiger partial charge >= 0.3 is 0 Å². The van der Waals surface area contributed by atoms with E-state index in [1.54, 1.807) is 0 Å². The Morgan fingerprint density at radius 3 is 2.95 bits per heavy atom. The zero-order chi connectivity index (χ0) is 14.0. The van der Waals surface area contributed by atoms with Crippen molar-refractivity contribution in [3.8, 4) is 0 Å². The van der Waals surface area contributed by atoms with Gasteiger partial charge in [-0.1, -0.05) is 6.42 Å². The van der Waals surface area contributed by atoms with Crippen molar-refractivity contribution in [1.82, 2.24) is 5.32 Å². The highest BCUT2D eigenvalue weighted by atomic mass is 127. The lowest BCUT2D eigenvalue weighted by molar-refractivity contribution is -0.171. The molecule has 0 aromatic heterocycles. The quantitative estimate of drug-likeness (QED) is 0.304. The molecular formula is C15H28IN3O2. The van der Waals surface area contributed by atoms with Gasteiger partial charge < -0.3 is 20.5 Å². The van der Waals surface area contributed by atoms with Crippen LogP contribution in [-0.4, -0.2) is 44.5 Å². The first kappa shape index (κ1) is 17.3. The van der Waals surface area contributed by atoms with E-state index in [1.165, 1.54) is 25.7 Å². The maximum absolute atomic E-state index is 6.04. The molecule has 5 nitrogen and oxygen atoms in total. The third-order valence-electron chi connectivity index (χ3n) is 5.27. The molecule has 21 heavy (non-hydrogen) atoms. The summed E-state index contributed by atoms with van der Waals surface area (Å²) in [5.74, 6) is 1.25. The Labute approximate surface area is 144 Å². The van der Waals surface area contributed by atoms with Gasteiger partial charge in [0.25, 0.3) is 0 Å². The van der Waals surface area contributed by atoms with Crippen LogP contribution in [0.2, 0.25) is 0 Å². The van der Waals surface area contributed by atoms with Crippen molar-refractivity contribution in [2.45, 2.75) is 51.2 Å². The van der Waals surface area contributed by atoms with Gasteiger partial charge in [0.1, 0.15) is 0 Å². The molecule has 0 aromatic carbocycles. The van der Waals surface area contributed by atoms with Gasteiger partial charge in [-0.3, -0.25) is 4.99 Å². The summed E-state index contributed by atoms with van der Waals surface area (Å²) in [6.45, 7) is 5.20. The maximum atomic E-state index is 6.04. The van der Waals surface area contributed by atoms with E-state index < -0.39 is 0 Å². The second kappa shape index (κ2) is 7.46. The van der Waals surface area contributed by atoms with Gasteiger partial charge in [0, 0.05) is 43.7 Å². The molecule has 3 N–H and O–H groups in total. The number of guanidine groups is 1. The van der Waals surface area contributed by atoms with Crippen molar-refractivity contribution in [3.63, 3.8) is 0 Å².